The molecule has 0 bridgehead atoms. The highest BCUT2D eigenvalue weighted by atomic mass is 16.3. The number of carbonyl (C=O) groups excluding carboxylic acids is 1. The van der Waals surface area contributed by atoms with Gasteiger partial charge in [-0.3, -0.25) is 4.79 Å². The molecule has 3 nitrogen and oxygen atoms in total. The van der Waals surface area contributed by atoms with Crippen molar-refractivity contribution < 1.29 is 9.90 Å². The first-order chi connectivity index (χ1) is 8.97. The summed E-state index contributed by atoms with van der Waals surface area (Å²) in [6.07, 6.45) is 1.00. The van der Waals surface area contributed by atoms with E-state index in [2.05, 4.69) is 0 Å². The molecule has 0 unspecified atom stereocenters. The van der Waals surface area contributed by atoms with Gasteiger partial charge in [-0.15, -0.1) is 0 Å². The third kappa shape index (κ3) is 2.66. The Labute approximate surface area is 115 Å². The van der Waals surface area contributed by atoms with E-state index in [1.807, 2.05) is 56.0 Å². The second-order valence-corrected chi connectivity index (χ2v) is 5.95. The molecular weight excluding hydrogens is 238 g/mol. The molecule has 1 fully saturated rings. The molecule has 1 aromatic rings. The van der Waals surface area contributed by atoms with Crippen LogP contribution in [0.3, 0.4) is 0 Å². The van der Waals surface area contributed by atoms with Gasteiger partial charge in [0.05, 0.1) is 12.1 Å². The van der Waals surface area contributed by atoms with Crippen molar-refractivity contribution in [2.75, 3.05) is 6.54 Å². The number of aliphatic hydroxyl groups excluding tert-OH is 1. The van der Waals surface area contributed by atoms with E-state index in [1.165, 1.54) is 0 Å². The third-order valence-corrected chi connectivity index (χ3v) is 4.23. The van der Waals surface area contributed by atoms with Crippen molar-refractivity contribution in [3.05, 3.63) is 35.9 Å². The molecule has 3 heteroatoms. The van der Waals surface area contributed by atoms with Crippen LogP contribution in [0.2, 0.25) is 0 Å². The number of hydrogen-bond acceptors (Lipinski definition) is 2. The van der Waals surface area contributed by atoms with Crippen LogP contribution in [0.1, 0.15) is 45.2 Å². The number of hydrogen-bond donors (Lipinski definition) is 1. The second kappa shape index (κ2) is 5.33. The van der Waals surface area contributed by atoms with Crippen LogP contribution < -0.4 is 0 Å². The van der Waals surface area contributed by atoms with Gasteiger partial charge in [-0.05, 0) is 18.4 Å². The van der Waals surface area contributed by atoms with Crippen molar-refractivity contribution in [1.82, 2.24) is 4.90 Å². The van der Waals surface area contributed by atoms with Crippen molar-refractivity contribution in [1.29, 1.82) is 0 Å². The number of nitrogens with zero attached hydrogens (tertiary/aromatic N) is 1. The van der Waals surface area contributed by atoms with Gasteiger partial charge in [-0.25, -0.2) is 0 Å². The van der Waals surface area contributed by atoms with Crippen LogP contribution in [0, 0.1) is 5.41 Å². The quantitative estimate of drug-likeness (QED) is 0.909. The van der Waals surface area contributed by atoms with E-state index in [-0.39, 0.29) is 17.4 Å². The van der Waals surface area contributed by atoms with Crippen LogP contribution in [0.15, 0.2) is 30.3 Å². The Hall–Kier alpha value is -1.35. The zero-order chi connectivity index (χ0) is 14.0. The monoisotopic (exact) mass is 261 g/mol. The lowest BCUT2D eigenvalue weighted by Crippen LogP contribution is -2.41. The number of carbonyl (C=O) groups is 1. The molecular formula is C16H23NO2. The minimum atomic E-state index is -0.459. The molecule has 0 spiro atoms. The molecule has 1 amide bonds. The maximum Gasteiger partial charge on any atom is 0.228 e. The summed E-state index contributed by atoms with van der Waals surface area (Å²) in [4.78, 5) is 14.5. The average Bonchev–Trinajstić information content (AvgIpc) is 2.80. The molecule has 2 rings (SSSR count). The number of likely N-dealkylation sites (tertiary alicyclic amines) is 1. The van der Waals surface area contributed by atoms with Crippen LogP contribution >= 0.6 is 0 Å². The Morgan fingerprint density at radius 1 is 1.37 bits per heavy atom. The standard InChI is InChI=1S/C16H23NO2/c1-4-16(2,3)15(19)17-11-10-13(18)14(17)12-8-6-5-7-9-12/h5-9,13-14,18H,4,10-11H2,1-3H3/t13-,14-/m1/s1. The van der Waals surface area contributed by atoms with E-state index in [0.29, 0.717) is 13.0 Å². The van der Waals surface area contributed by atoms with E-state index in [0.717, 1.165) is 12.0 Å². The van der Waals surface area contributed by atoms with Crippen molar-refractivity contribution in [2.45, 2.75) is 45.8 Å². The summed E-state index contributed by atoms with van der Waals surface area (Å²) < 4.78 is 0. The fourth-order valence-electron chi connectivity index (χ4n) is 2.60. The largest absolute Gasteiger partial charge is 0.391 e. The summed E-state index contributed by atoms with van der Waals surface area (Å²) in [6, 6.07) is 9.63. The van der Waals surface area contributed by atoms with Crippen molar-refractivity contribution in [3.63, 3.8) is 0 Å². The minimum Gasteiger partial charge on any atom is -0.391 e. The smallest absolute Gasteiger partial charge is 0.228 e. The molecule has 0 aromatic heterocycles. The lowest BCUT2D eigenvalue weighted by atomic mass is 9.88. The summed E-state index contributed by atoms with van der Waals surface area (Å²) in [5.41, 5.74) is 0.657. The van der Waals surface area contributed by atoms with E-state index in [1.54, 1.807) is 0 Å². The van der Waals surface area contributed by atoms with Gasteiger partial charge in [-0.1, -0.05) is 51.1 Å². The summed E-state index contributed by atoms with van der Waals surface area (Å²) in [5.74, 6) is 0.139. The summed E-state index contributed by atoms with van der Waals surface area (Å²) >= 11 is 0. The molecule has 0 saturated carbocycles. The van der Waals surface area contributed by atoms with Gasteiger partial charge in [0.15, 0.2) is 0 Å². The molecule has 1 aromatic carbocycles. The van der Waals surface area contributed by atoms with E-state index < -0.39 is 6.10 Å². The van der Waals surface area contributed by atoms with Crippen LogP contribution in [0.4, 0.5) is 0 Å². The number of rotatable bonds is 3. The molecule has 0 aliphatic carbocycles. The molecule has 1 aliphatic rings. The first kappa shape index (κ1) is 14.1. The minimum absolute atomic E-state index is 0.139. The predicted octanol–water partition coefficient (Wildman–Crippen LogP) is 2.76. The van der Waals surface area contributed by atoms with E-state index in [9.17, 15) is 9.90 Å². The molecule has 1 saturated heterocycles. The fraction of sp³-hybridized carbons (Fsp3) is 0.562. The average molecular weight is 261 g/mol. The van der Waals surface area contributed by atoms with Gasteiger partial charge in [-0.2, -0.15) is 0 Å². The van der Waals surface area contributed by atoms with Crippen molar-refractivity contribution in [2.24, 2.45) is 5.41 Å². The molecule has 19 heavy (non-hydrogen) atoms. The second-order valence-electron chi connectivity index (χ2n) is 5.95. The normalized spacial score (nSPS) is 23.7. The zero-order valence-electron chi connectivity index (χ0n) is 12.0. The van der Waals surface area contributed by atoms with Crippen LogP contribution in [0.5, 0.6) is 0 Å². The van der Waals surface area contributed by atoms with Gasteiger partial charge in [0.25, 0.3) is 0 Å². The Morgan fingerprint density at radius 3 is 2.58 bits per heavy atom. The molecule has 104 valence electrons. The number of amides is 1. The topological polar surface area (TPSA) is 40.5 Å². The van der Waals surface area contributed by atoms with Gasteiger partial charge in [0.1, 0.15) is 0 Å². The van der Waals surface area contributed by atoms with Gasteiger partial charge in [0, 0.05) is 12.0 Å². The summed E-state index contributed by atoms with van der Waals surface area (Å²) in [5, 5.41) is 10.2. The Morgan fingerprint density at radius 2 is 2.00 bits per heavy atom. The Balaban J connectivity index is 2.28. The van der Waals surface area contributed by atoms with Crippen molar-refractivity contribution >= 4 is 5.91 Å². The lowest BCUT2D eigenvalue weighted by Gasteiger charge is -2.33. The molecule has 1 heterocycles. The first-order valence-corrected chi connectivity index (χ1v) is 7.01. The third-order valence-electron chi connectivity index (χ3n) is 4.23. The molecule has 0 radical (unpaired) electrons. The highest BCUT2D eigenvalue weighted by molar-refractivity contribution is 5.82. The maximum atomic E-state index is 12.6. The van der Waals surface area contributed by atoms with Gasteiger partial charge >= 0.3 is 0 Å². The summed E-state index contributed by atoms with van der Waals surface area (Å²) in [7, 11) is 0. The van der Waals surface area contributed by atoms with Crippen LogP contribution in [0.25, 0.3) is 0 Å². The number of benzene rings is 1. The van der Waals surface area contributed by atoms with E-state index in [4.69, 9.17) is 0 Å². The lowest BCUT2D eigenvalue weighted by molar-refractivity contribution is -0.142. The van der Waals surface area contributed by atoms with E-state index >= 15 is 0 Å². The Kier molecular flexibility index (Phi) is 3.95. The van der Waals surface area contributed by atoms with Crippen molar-refractivity contribution in [3.8, 4) is 0 Å². The van der Waals surface area contributed by atoms with Crippen LogP contribution in [-0.4, -0.2) is 28.6 Å². The first-order valence-electron chi connectivity index (χ1n) is 7.01. The molecule has 1 aliphatic heterocycles. The SMILES string of the molecule is CCC(C)(C)C(=O)N1CC[C@@H](O)[C@H]1c1ccccc1. The predicted molar refractivity (Wildman–Crippen MR) is 75.6 cm³/mol. The Bertz CT molecular complexity index is 441. The molecule has 2 atom stereocenters. The highest BCUT2D eigenvalue weighted by Crippen LogP contribution is 2.36. The summed E-state index contributed by atoms with van der Waals surface area (Å²) in [6.45, 7) is 6.62. The highest BCUT2D eigenvalue weighted by Gasteiger charge is 2.41. The van der Waals surface area contributed by atoms with Gasteiger partial charge in [0.2, 0.25) is 5.91 Å². The van der Waals surface area contributed by atoms with Gasteiger partial charge < -0.3 is 10.0 Å². The fourth-order valence-corrected chi connectivity index (χ4v) is 2.60. The maximum absolute atomic E-state index is 12.6. The van der Waals surface area contributed by atoms with Crippen LogP contribution in [-0.2, 0) is 4.79 Å². The molecule has 1 N–H and O–H groups in total. The number of aliphatic hydroxyl groups is 1. The zero-order valence-corrected chi connectivity index (χ0v) is 12.0.